The van der Waals surface area contributed by atoms with E-state index in [-0.39, 0.29) is 11.3 Å². The van der Waals surface area contributed by atoms with Gasteiger partial charge in [-0.05, 0) is 42.3 Å². The molecular formula is C18H15Cl2N3O2. The molecule has 0 saturated heterocycles. The second-order valence-corrected chi connectivity index (χ2v) is 5.93. The molecule has 7 heteroatoms. The third kappa shape index (κ3) is 5.71. The fraction of sp³-hybridized carbons (Fsp3) is 0.111. The van der Waals surface area contributed by atoms with Crippen LogP contribution in [-0.4, -0.2) is 17.6 Å². The molecule has 128 valence electrons. The maximum Gasteiger partial charge on any atom is 0.263 e. The van der Waals surface area contributed by atoms with Crippen molar-refractivity contribution in [3.05, 3.63) is 69.8 Å². The minimum absolute atomic E-state index is 0.0585. The zero-order valence-electron chi connectivity index (χ0n) is 13.1. The zero-order valence-corrected chi connectivity index (χ0v) is 14.6. The van der Waals surface area contributed by atoms with E-state index in [0.29, 0.717) is 28.7 Å². The van der Waals surface area contributed by atoms with Gasteiger partial charge in [0, 0.05) is 18.4 Å². The molecule has 0 aliphatic rings. The predicted octanol–water partition coefficient (Wildman–Crippen LogP) is 3.88. The summed E-state index contributed by atoms with van der Waals surface area (Å²) in [5.74, 6) is -0.287. The number of phenolic OH excluding ortho intramolecular Hbond substituents is 1. The molecule has 25 heavy (non-hydrogen) atoms. The van der Waals surface area contributed by atoms with E-state index in [1.165, 1.54) is 6.20 Å². The SMILES string of the molecule is N#C/C(=C/Nc1ccc(Cl)c(Cl)c1)C(=O)NCCc1ccc(O)cc1. The largest absolute Gasteiger partial charge is 0.508 e. The molecule has 0 bridgehead atoms. The maximum atomic E-state index is 12.0. The van der Waals surface area contributed by atoms with Gasteiger partial charge in [-0.2, -0.15) is 5.26 Å². The highest BCUT2D eigenvalue weighted by molar-refractivity contribution is 6.42. The number of amides is 1. The number of nitrogens with one attached hydrogen (secondary N) is 2. The minimum atomic E-state index is -0.478. The molecule has 0 atom stereocenters. The van der Waals surface area contributed by atoms with Gasteiger partial charge in [0.1, 0.15) is 17.4 Å². The third-order valence-electron chi connectivity index (χ3n) is 3.30. The highest BCUT2D eigenvalue weighted by Crippen LogP contribution is 2.25. The van der Waals surface area contributed by atoms with Crippen molar-refractivity contribution in [3.63, 3.8) is 0 Å². The van der Waals surface area contributed by atoms with E-state index < -0.39 is 5.91 Å². The smallest absolute Gasteiger partial charge is 0.263 e. The van der Waals surface area contributed by atoms with E-state index in [1.807, 2.05) is 6.07 Å². The Kier molecular flexibility index (Phi) is 6.70. The number of halogens is 2. The van der Waals surface area contributed by atoms with Crippen molar-refractivity contribution in [2.75, 3.05) is 11.9 Å². The van der Waals surface area contributed by atoms with Crippen LogP contribution in [0.25, 0.3) is 0 Å². The summed E-state index contributed by atoms with van der Waals surface area (Å²) in [5.41, 5.74) is 1.52. The number of carbonyl (C=O) groups is 1. The van der Waals surface area contributed by atoms with Crippen molar-refractivity contribution < 1.29 is 9.90 Å². The van der Waals surface area contributed by atoms with Gasteiger partial charge in [-0.15, -0.1) is 0 Å². The van der Waals surface area contributed by atoms with Crippen molar-refractivity contribution in [1.82, 2.24) is 5.32 Å². The van der Waals surface area contributed by atoms with Crippen LogP contribution >= 0.6 is 23.2 Å². The molecule has 2 aromatic rings. The fourth-order valence-corrected chi connectivity index (χ4v) is 2.27. The van der Waals surface area contributed by atoms with Crippen molar-refractivity contribution in [3.8, 4) is 11.8 Å². The molecule has 0 radical (unpaired) electrons. The fourth-order valence-electron chi connectivity index (χ4n) is 1.97. The first-order valence-electron chi connectivity index (χ1n) is 7.37. The lowest BCUT2D eigenvalue weighted by atomic mass is 10.1. The molecule has 0 aliphatic heterocycles. The lowest BCUT2D eigenvalue weighted by Gasteiger charge is -2.06. The quantitative estimate of drug-likeness (QED) is 0.528. The van der Waals surface area contributed by atoms with E-state index in [0.717, 1.165) is 5.56 Å². The third-order valence-corrected chi connectivity index (χ3v) is 4.04. The van der Waals surface area contributed by atoms with Crippen molar-refractivity contribution in [2.45, 2.75) is 6.42 Å². The van der Waals surface area contributed by atoms with Gasteiger partial charge < -0.3 is 15.7 Å². The Morgan fingerprint density at radius 3 is 2.52 bits per heavy atom. The number of phenols is 1. The van der Waals surface area contributed by atoms with Crippen LogP contribution in [0.3, 0.4) is 0 Å². The number of carbonyl (C=O) groups excluding carboxylic acids is 1. The van der Waals surface area contributed by atoms with Crippen molar-refractivity contribution in [2.24, 2.45) is 0 Å². The van der Waals surface area contributed by atoms with Crippen LogP contribution < -0.4 is 10.6 Å². The molecule has 0 unspecified atom stereocenters. The molecule has 0 heterocycles. The second kappa shape index (κ2) is 8.97. The van der Waals surface area contributed by atoms with E-state index >= 15 is 0 Å². The van der Waals surface area contributed by atoms with Gasteiger partial charge in [-0.3, -0.25) is 4.79 Å². The van der Waals surface area contributed by atoms with E-state index in [4.69, 9.17) is 28.5 Å². The van der Waals surface area contributed by atoms with Crippen molar-refractivity contribution >= 4 is 34.8 Å². The first-order chi connectivity index (χ1) is 12.0. The van der Waals surface area contributed by atoms with Gasteiger partial charge in [-0.25, -0.2) is 0 Å². The number of anilines is 1. The molecule has 2 rings (SSSR count). The number of hydrogen-bond donors (Lipinski definition) is 3. The predicted molar refractivity (Wildman–Crippen MR) is 98.6 cm³/mol. The van der Waals surface area contributed by atoms with Crippen LogP contribution in [0.2, 0.25) is 10.0 Å². The highest BCUT2D eigenvalue weighted by atomic mass is 35.5. The maximum absolute atomic E-state index is 12.0. The van der Waals surface area contributed by atoms with Gasteiger partial charge in [0.15, 0.2) is 0 Å². The van der Waals surface area contributed by atoms with Crippen molar-refractivity contribution in [1.29, 1.82) is 5.26 Å². The Bertz CT molecular complexity index is 827. The van der Waals surface area contributed by atoms with E-state index in [2.05, 4.69) is 10.6 Å². The molecule has 0 aliphatic carbocycles. The molecule has 1 amide bonds. The molecule has 0 spiro atoms. The van der Waals surface area contributed by atoms with Gasteiger partial charge >= 0.3 is 0 Å². The number of nitrogens with zero attached hydrogens (tertiary/aromatic N) is 1. The van der Waals surface area contributed by atoms with Crippen LogP contribution in [0.15, 0.2) is 54.2 Å². The molecule has 0 fully saturated rings. The van der Waals surface area contributed by atoms with Crippen LogP contribution in [0.1, 0.15) is 5.56 Å². The number of nitriles is 1. The lowest BCUT2D eigenvalue weighted by molar-refractivity contribution is -0.117. The van der Waals surface area contributed by atoms with Gasteiger partial charge in [0.25, 0.3) is 5.91 Å². The topological polar surface area (TPSA) is 85.2 Å². The van der Waals surface area contributed by atoms with Gasteiger partial charge in [-0.1, -0.05) is 35.3 Å². The average Bonchev–Trinajstić information content (AvgIpc) is 2.60. The zero-order chi connectivity index (χ0) is 18.2. The number of aromatic hydroxyl groups is 1. The summed E-state index contributed by atoms with van der Waals surface area (Å²) in [7, 11) is 0. The average molecular weight is 376 g/mol. The second-order valence-electron chi connectivity index (χ2n) is 5.12. The summed E-state index contributed by atoms with van der Waals surface area (Å²) in [4.78, 5) is 12.0. The van der Waals surface area contributed by atoms with Gasteiger partial charge in [0.2, 0.25) is 0 Å². The number of hydrogen-bond acceptors (Lipinski definition) is 4. The molecule has 3 N–H and O–H groups in total. The highest BCUT2D eigenvalue weighted by Gasteiger charge is 2.08. The minimum Gasteiger partial charge on any atom is -0.508 e. The summed E-state index contributed by atoms with van der Waals surface area (Å²) in [6.45, 7) is 0.370. The van der Waals surface area contributed by atoms with Crippen LogP contribution in [0.5, 0.6) is 5.75 Å². The Morgan fingerprint density at radius 2 is 1.88 bits per heavy atom. The summed E-state index contributed by atoms with van der Waals surface area (Å²) in [5, 5.41) is 24.7. The van der Waals surface area contributed by atoms with E-state index in [9.17, 15) is 9.90 Å². The Morgan fingerprint density at radius 1 is 1.16 bits per heavy atom. The lowest BCUT2D eigenvalue weighted by Crippen LogP contribution is -2.27. The van der Waals surface area contributed by atoms with E-state index in [1.54, 1.807) is 42.5 Å². The molecule has 0 aromatic heterocycles. The molecule has 0 saturated carbocycles. The number of rotatable bonds is 6. The van der Waals surface area contributed by atoms with Gasteiger partial charge in [0.05, 0.1) is 10.0 Å². The molecular weight excluding hydrogens is 361 g/mol. The first kappa shape index (κ1) is 18.7. The van der Waals surface area contributed by atoms with Crippen LogP contribution in [-0.2, 0) is 11.2 Å². The summed E-state index contributed by atoms with van der Waals surface area (Å²) in [6.07, 6.45) is 1.90. The van der Waals surface area contributed by atoms with Crippen LogP contribution in [0.4, 0.5) is 5.69 Å². The normalized spacial score (nSPS) is 10.8. The summed E-state index contributed by atoms with van der Waals surface area (Å²) < 4.78 is 0. The Labute approximate surface area is 155 Å². The summed E-state index contributed by atoms with van der Waals surface area (Å²) in [6, 6.07) is 13.5. The Balaban J connectivity index is 1.90. The standard InChI is InChI=1S/C18H15Cl2N3O2/c19-16-6-3-14(9-17(16)20)23-11-13(10-21)18(25)22-8-7-12-1-4-15(24)5-2-12/h1-6,9,11,23-24H,7-8H2,(H,22,25)/b13-11-. The molecule has 5 nitrogen and oxygen atoms in total. The monoisotopic (exact) mass is 375 g/mol. The van der Waals surface area contributed by atoms with Crippen LogP contribution in [0, 0.1) is 11.3 Å². The number of benzene rings is 2. The molecule has 2 aromatic carbocycles. The first-order valence-corrected chi connectivity index (χ1v) is 8.13. The Hall–Kier alpha value is -2.68. The summed E-state index contributed by atoms with van der Waals surface area (Å²) >= 11 is 11.7.